The minimum absolute atomic E-state index is 0.0721. The van der Waals surface area contributed by atoms with Gasteiger partial charge in [-0.1, -0.05) is 0 Å². The molecule has 0 aliphatic carbocycles. The molecule has 1 aromatic carbocycles. The Morgan fingerprint density at radius 2 is 1.71 bits per heavy atom. The monoisotopic (exact) mass is 290 g/mol. The molecule has 0 bridgehead atoms. The normalized spacial score (nSPS) is 12.0. The van der Waals surface area contributed by atoms with Crippen LogP contribution in [-0.2, 0) is 0 Å². The largest absolute Gasteiger partial charge is 0.493 e. The summed E-state index contributed by atoms with van der Waals surface area (Å²) in [4.78, 5) is 0. The van der Waals surface area contributed by atoms with Gasteiger partial charge in [0.05, 0.1) is 31.6 Å². The number of aryl methyl sites for hydroxylation is 2. The first-order valence-corrected chi connectivity index (χ1v) is 6.81. The van der Waals surface area contributed by atoms with Crippen LogP contribution in [0.15, 0.2) is 22.6 Å². The summed E-state index contributed by atoms with van der Waals surface area (Å²) < 4.78 is 16.1. The Labute approximate surface area is 125 Å². The molecule has 0 saturated heterocycles. The summed E-state index contributed by atoms with van der Waals surface area (Å²) in [6.07, 6.45) is 0. The van der Waals surface area contributed by atoms with E-state index in [9.17, 15) is 0 Å². The molecule has 21 heavy (non-hydrogen) atoms. The van der Waals surface area contributed by atoms with Gasteiger partial charge in [0, 0.05) is 17.7 Å². The van der Waals surface area contributed by atoms with Crippen molar-refractivity contribution in [2.45, 2.75) is 26.8 Å². The molecule has 1 heterocycles. The number of methoxy groups -OCH3 is 2. The molecule has 0 saturated carbocycles. The zero-order valence-corrected chi connectivity index (χ0v) is 13.1. The van der Waals surface area contributed by atoms with E-state index in [0.29, 0.717) is 17.2 Å². The van der Waals surface area contributed by atoms with Gasteiger partial charge in [0.25, 0.3) is 0 Å². The topological polar surface area (TPSA) is 69.7 Å². The second kappa shape index (κ2) is 5.99. The number of hydrogen-bond acceptors (Lipinski definition) is 5. The third kappa shape index (κ3) is 3.07. The SMILES string of the molecule is COc1cc(N)c(NC(C)c2cc(C)oc2C)cc1OC. The third-order valence-electron chi connectivity index (χ3n) is 3.47. The van der Waals surface area contributed by atoms with Crippen LogP contribution in [0, 0.1) is 13.8 Å². The lowest BCUT2D eigenvalue weighted by atomic mass is 10.1. The van der Waals surface area contributed by atoms with Gasteiger partial charge in [-0.15, -0.1) is 0 Å². The van der Waals surface area contributed by atoms with E-state index in [2.05, 4.69) is 12.2 Å². The summed E-state index contributed by atoms with van der Waals surface area (Å²) in [5.74, 6) is 3.06. The molecule has 1 aromatic heterocycles. The second-order valence-electron chi connectivity index (χ2n) is 5.03. The number of rotatable bonds is 5. The van der Waals surface area contributed by atoms with Crippen molar-refractivity contribution >= 4 is 11.4 Å². The molecule has 0 amide bonds. The predicted molar refractivity (Wildman–Crippen MR) is 84.2 cm³/mol. The molecule has 3 N–H and O–H groups in total. The summed E-state index contributed by atoms with van der Waals surface area (Å²) in [6, 6.07) is 5.70. The van der Waals surface area contributed by atoms with Crippen LogP contribution in [0.2, 0.25) is 0 Å². The van der Waals surface area contributed by atoms with Gasteiger partial charge in [-0.3, -0.25) is 0 Å². The van der Waals surface area contributed by atoms with Crippen molar-refractivity contribution in [1.29, 1.82) is 0 Å². The van der Waals surface area contributed by atoms with E-state index in [1.807, 2.05) is 26.0 Å². The van der Waals surface area contributed by atoms with Crippen LogP contribution in [0.4, 0.5) is 11.4 Å². The summed E-state index contributed by atoms with van der Waals surface area (Å²) in [7, 11) is 3.19. The van der Waals surface area contributed by atoms with Gasteiger partial charge in [-0.2, -0.15) is 0 Å². The van der Waals surface area contributed by atoms with E-state index >= 15 is 0 Å². The van der Waals surface area contributed by atoms with Crippen LogP contribution in [0.5, 0.6) is 11.5 Å². The Morgan fingerprint density at radius 3 is 2.24 bits per heavy atom. The minimum atomic E-state index is 0.0721. The molecule has 0 aliphatic rings. The van der Waals surface area contributed by atoms with Crippen molar-refractivity contribution in [3.63, 3.8) is 0 Å². The number of nitrogen functional groups attached to an aromatic ring is 1. The maximum atomic E-state index is 6.07. The Hall–Kier alpha value is -2.30. The van der Waals surface area contributed by atoms with Gasteiger partial charge in [0.2, 0.25) is 0 Å². The van der Waals surface area contributed by atoms with Crippen molar-refractivity contribution in [1.82, 2.24) is 0 Å². The fourth-order valence-electron chi connectivity index (χ4n) is 2.41. The standard InChI is InChI=1S/C16H22N2O3/c1-9-6-12(11(3)21-9)10(2)18-14-8-16(20-5)15(19-4)7-13(14)17/h6-8,10,18H,17H2,1-5H3. The molecule has 0 radical (unpaired) electrons. The zero-order valence-electron chi connectivity index (χ0n) is 13.1. The van der Waals surface area contributed by atoms with E-state index in [1.54, 1.807) is 20.3 Å². The van der Waals surface area contributed by atoms with Crippen LogP contribution in [0.1, 0.15) is 30.0 Å². The number of nitrogens with one attached hydrogen (secondary N) is 1. The van der Waals surface area contributed by atoms with E-state index in [-0.39, 0.29) is 6.04 Å². The average molecular weight is 290 g/mol. The molecule has 1 atom stereocenters. The first kappa shape index (κ1) is 15.1. The molecule has 5 nitrogen and oxygen atoms in total. The van der Waals surface area contributed by atoms with Gasteiger partial charge in [0.1, 0.15) is 11.5 Å². The molecule has 0 aliphatic heterocycles. The molecular formula is C16H22N2O3. The van der Waals surface area contributed by atoms with Crippen LogP contribution < -0.4 is 20.5 Å². The van der Waals surface area contributed by atoms with Crippen molar-refractivity contribution in [2.75, 3.05) is 25.3 Å². The van der Waals surface area contributed by atoms with Crippen LogP contribution in [0.25, 0.3) is 0 Å². The van der Waals surface area contributed by atoms with Gasteiger partial charge in [0.15, 0.2) is 11.5 Å². The summed E-state index contributed by atoms with van der Waals surface area (Å²) in [5, 5.41) is 3.39. The molecule has 2 rings (SSSR count). The lowest BCUT2D eigenvalue weighted by Crippen LogP contribution is -2.09. The van der Waals surface area contributed by atoms with Crippen molar-refractivity contribution in [2.24, 2.45) is 0 Å². The van der Waals surface area contributed by atoms with Gasteiger partial charge in [-0.25, -0.2) is 0 Å². The van der Waals surface area contributed by atoms with Crippen LogP contribution in [-0.4, -0.2) is 14.2 Å². The van der Waals surface area contributed by atoms with E-state index in [4.69, 9.17) is 19.6 Å². The number of furan rings is 1. The molecule has 1 unspecified atom stereocenters. The molecule has 0 spiro atoms. The highest BCUT2D eigenvalue weighted by Gasteiger charge is 2.15. The molecular weight excluding hydrogens is 268 g/mol. The fourth-order valence-corrected chi connectivity index (χ4v) is 2.41. The quantitative estimate of drug-likeness (QED) is 0.822. The lowest BCUT2D eigenvalue weighted by molar-refractivity contribution is 0.355. The van der Waals surface area contributed by atoms with E-state index in [1.165, 1.54) is 0 Å². The maximum Gasteiger partial charge on any atom is 0.162 e. The Morgan fingerprint density at radius 1 is 1.10 bits per heavy atom. The number of benzene rings is 1. The molecule has 5 heteroatoms. The minimum Gasteiger partial charge on any atom is -0.493 e. The average Bonchev–Trinajstić information content (AvgIpc) is 2.79. The molecule has 2 aromatic rings. The number of ether oxygens (including phenoxy) is 2. The summed E-state index contributed by atoms with van der Waals surface area (Å²) in [5.41, 5.74) is 8.59. The van der Waals surface area contributed by atoms with E-state index in [0.717, 1.165) is 22.8 Å². The van der Waals surface area contributed by atoms with Crippen molar-refractivity contribution < 1.29 is 13.9 Å². The van der Waals surface area contributed by atoms with Gasteiger partial charge in [-0.05, 0) is 26.8 Å². The van der Waals surface area contributed by atoms with E-state index < -0.39 is 0 Å². The zero-order chi connectivity index (χ0) is 15.6. The molecule has 0 fully saturated rings. The fraction of sp³-hybridized carbons (Fsp3) is 0.375. The van der Waals surface area contributed by atoms with Crippen molar-refractivity contribution in [3.8, 4) is 11.5 Å². The molecule has 114 valence electrons. The highest BCUT2D eigenvalue weighted by Crippen LogP contribution is 2.36. The first-order valence-electron chi connectivity index (χ1n) is 6.81. The Bertz CT molecular complexity index is 635. The highest BCUT2D eigenvalue weighted by atomic mass is 16.5. The number of nitrogens with two attached hydrogens (primary N) is 1. The van der Waals surface area contributed by atoms with Gasteiger partial charge >= 0.3 is 0 Å². The smallest absolute Gasteiger partial charge is 0.162 e. The Balaban J connectivity index is 2.28. The highest BCUT2D eigenvalue weighted by molar-refractivity contribution is 5.72. The predicted octanol–water partition coefficient (Wildman–Crippen LogP) is 3.67. The lowest BCUT2D eigenvalue weighted by Gasteiger charge is -2.18. The number of hydrogen-bond donors (Lipinski definition) is 2. The van der Waals surface area contributed by atoms with Crippen LogP contribution in [0.3, 0.4) is 0 Å². The maximum absolute atomic E-state index is 6.07. The summed E-state index contributed by atoms with van der Waals surface area (Å²) in [6.45, 7) is 5.96. The number of anilines is 2. The second-order valence-corrected chi connectivity index (χ2v) is 5.03. The third-order valence-corrected chi connectivity index (χ3v) is 3.47. The first-order chi connectivity index (χ1) is 9.96. The van der Waals surface area contributed by atoms with Crippen LogP contribution >= 0.6 is 0 Å². The Kier molecular flexibility index (Phi) is 4.31. The summed E-state index contributed by atoms with van der Waals surface area (Å²) >= 11 is 0. The van der Waals surface area contributed by atoms with Crippen molar-refractivity contribution in [3.05, 3.63) is 35.3 Å². The van der Waals surface area contributed by atoms with Gasteiger partial charge < -0.3 is 24.9 Å².